The largest absolute Gasteiger partial charge is 0.446 e. The Hall–Kier alpha value is -3.64. The number of carbonyl (C=O) groups is 4. The summed E-state index contributed by atoms with van der Waals surface area (Å²) in [6.45, 7) is 10.9. The molecule has 2 heterocycles. The van der Waals surface area contributed by atoms with E-state index in [2.05, 4.69) is 27.4 Å². The van der Waals surface area contributed by atoms with E-state index in [9.17, 15) is 33.0 Å². The Morgan fingerprint density at radius 3 is 2.33 bits per heavy atom. The Morgan fingerprint density at radius 1 is 1.08 bits per heavy atom. The summed E-state index contributed by atoms with van der Waals surface area (Å²) in [6.07, 6.45) is 5.34. The van der Waals surface area contributed by atoms with Gasteiger partial charge in [0, 0.05) is 32.1 Å². The highest BCUT2D eigenvalue weighted by molar-refractivity contribution is 7.59. The predicted molar refractivity (Wildman–Crippen MR) is 191 cm³/mol. The summed E-state index contributed by atoms with van der Waals surface area (Å²) in [5.74, 6) is -1.71. The molecule has 15 heteroatoms. The lowest BCUT2D eigenvalue weighted by molar-refractivity contribution is -0.142. The van der Waals surface area contributed by atoms with Crippen LogP contribution in [0.15, 0.2) is 30.9 Å². The Bertz CT molecular complexity index is 1540. The predicted octanol–water partition coefficient (Wildman–Crippen LogP) is 5.67. The van der Waals surface area contributed by atoms with Crippen molar-refractivity contribution in [1.29, 1.82) is 0 Å². The number of piperidine rings is 1. The highest BCUT2D eigenvalue weighted by Crippen LogP contribution is 2.67. The van der Waals surface area contributed by atoms with Gasteiger partial charge in [-0.3, -0.25) is 19.5 Å². The van der Waals surface area contributed by atoms with E-state index in [0.29, 0.717) is 11.3 Å². The van der Waals surface area contributed by atoms with E-state index in [1.807, 2.05) is 0 Å². The minimum atomic E-state index is -3.85. The van der Waals surface area contributed by atoms with Crippen molar-refractivity contribution in [3.05, 3.63) is 36.4 Å². The molecule has 4 aliphatic rings. The summed E-state index contributed by atoms with van der Waals surface area (Å²) in [5, 5.41) is 6.80. The molecule has 13 nitrogen and oxygen atoms in total. The minimum absolute atomic E-state index is 0.105. The van der Waals surface area contributed by atoms with E-state index in [1.165, 1.54) is 17.6 Å². The average molecular weight is 734 g/mol. The summed E-state index contributed by atoms with van der Waals surface area (Å²) in [7, 11) is -3.85. The van der Waals surface area contributed by atoms with Gasteiger partial charge in [-0.15, -0.1) is 6.58 Å². The van der Waals surface area contributed by atoms with Crippen molar-refractivity contribution < 1.29 is 42.5 Å². The number of benzene rings is 1. The Morgan fingerprint density at radius 2 is 1.75 bits per heavy atom. The quantitative estimate of drug-likeness (QED) is 0.166. The minimum Gasteiger partial charge on any atom is -0.446 e. The van der Waals surface area contributed by atoms with Crippen LogP contribution in [0, 0.1) is 11.3 Å². The van der Waals surface area contributed by atoms with Gasteiger partial charge in [-0.2, -0.15) is 0 Å². The van der Waals surface area contributed by atoms with E-state index < -0.39 is 72.8 Å². The van der Waals surface area contributed by atoms with Crippen molar-refractivity contribution in [2.75, 3.05) is 36.5 Å². The molecule has 4 amide bonds. The van der Waals surface area contributed by atoms with Crippen molar-refractivity contribution >= 4 is 42.7 Å². The Labute approximate surface area is 299 Å². The SMILES string of the molecule is C=C[C@@H]1C[C@]1(NC(=O)[C@@H]1C[C@@H](OC(=O)Nc2cc(CF)ccc2N2CCCCC2)CN1C(=O)[C@@H](NC(=O)OC1CCCC1)C(C)(C)C)P(C)(=O)O. The average Bonchev–Trinajstić information content (AvgIpc) is 3.35. The number of nitrogens with one attached hydrogen (secondary N) is 3. The smallest absolute Gasteiger partial charge is 0.412 e. The van der Waals surface area contributed by atoms with Gasteiger partial charge in [0.1, 0.15) is 36.2 Å². The number of amides is 4. The van der Waals surface area contributed by atoms with E-state index in [1.54, 1.807) is 39.0 Å². The Kier molecular flexibility index (Phi) is 11.8. The maximum atomic E-state index is 14.3. The summed E-state index contributed by atoms with van der Waals surface area (Å²) in [5.41, 5.74) is 0.706. The standard InChI is InChI=1S/C36H53FN5O8P/c1-6-24-20-36(24,51(5,47)48)40-31(43)29-19-26(22-42(29)32(44)30(35(2,3)4)39-34(46)49-25-12-8-9-13-25)50-33(45)38-27-18-23(21-37)14-15-28(27)41-16-10-7-11-17-41/h6,14-15,18,24-26,29-30H,1,7-13,16-17,19-22H2,2-5H3,(H,38,45)(H,39,46)(H,40,43)(H,47,48)/t24-,26-,29+,30-,36+/m1/s1. The molecule has 2 saturated heterocycles. The lowest BCUT2D eigenvalue weighted by Crippen LogP contribution is -2.58. The summed E-state index contributed by atoms with van der Waals surface area (Å²) in [6, 6.07) is 2.72. The number of anilines is 2. The lowest BCUT2D eigenvalue weighted by Gasteiger charge is -2.35. The van der Waals surface area contributed by atoms with Gasteiger partial charge in [-0.25, -0.2) is 14.0 Å². The molecule has 51 heavy (non-hydrogen) atoms. The number of alkyl halides is 1. The van der Waals surface area contributed by atoms with Crippen LogP contribution in [0.1, 0.15) is 84.1 Å². The molecule has 2 aliphatic carbocycles. The Balaban J connectivity index is 1.37. The highest BCUT2D eigenvalue weighted by Gasteiger charge is 2.64. The molecule has 282 valence electrons. The molecule has 2 saturated carbocycles. The third-order valence-corrected chi connectivity index (χ3v) is 12.7. The monoisotopic (exact) mass is 733 g/mol. The number of ether oxygens (including phenoxy) is 2. The van der Waals surface area contributed by atoms with Crippen molar-refractivity contribution in [3.8, 4) is 0 Å². The van der Waals surface area contributed by atoms with Gasteiger partial charge in [0.25, 0.3) is 0 Å². The van der Waals surface area contributed by atoms with Crippen LogP contribution < -0.4 is 20.9 Å². The number of likely N-dealkylation sites (tertiary alicyclic amines) is 1. The van der Waals surface area contributed by atoms with Crippen LogP contribution >= 0.6 is 7.37 Å². The van der Waals surface area contributed by atoms with Gasteiger partial charge < -0.3 is 34.8 Å². The second-order valence-corrected chi connectivity index (χ2v) is 18.1. The second-order valence-electron chi connectivity index (χ2n) is 15.5. The van der Waals surface area contributed by atoms with Gasteiger partial charge >= 0.3 is 12.2 Å². The molecule has 1 aromatic rings. The van der Waals surface area contributed by atoms with Crippen LogP contribution in [0.3, 0.4) is 0 Å². The van der Waals surface area contributed by atoms with Crippen molar-refractivity contribution in [1.82, 2.24) is 15.5 Å². The van der Waals surface area contributed by atoms with Crippen molar-refractivity contribution in [2.45, 2.75) is 115 Å². The number of hydrogen-bond acceptors (Lipinski definition) is 8. The molecule has 0 bridgehead atoms. The lowest BCUT2D eigenvalue weighted by atomic mass is 9.85. The topological polar surface area (TPSA) is 167 Å². The molecule has 1 unspecified atom stereocenters. The number of alkyl carbamates (subject to hydrolysis) is 1. The van der Waals surface area contributed by atoms with Crippen LogP contribution in [0.4, 0.5) is 25.4 Å². The molecule has 0 radical (unpaired) electrons. The molecule has 4 N–H and O–H groups in total. The van der Waals surface area contributed by atoms with E-state index in [4.69, 9.17) is 9.47 Å². The van der Waals surface area contributed by atoms with Crippen molar-refractivity contribution in [2.24, 2.45) is 11.3 Å². The molecular formula is C36H53FN5O8P. The number of nitrogens with zero attached hydrogens (tertiary/aromatic N) is 2. The number of hydrogen-bond donors (Lipinski definition) is 4. The second kappa shape index (κ2) is 15.5. The third kappa shape index (κ3) is 8.88. The number of carbonyl (C=O) groups excluding carboxylic acids is 4. The van der Waals surface area contributed by atoms with Gasteiger partial charge in [-0.05, 0) is 74.5 Å². The first-order chi connectivity index (χ1) is 24.1. The summed E-state index contributed by atoms with van der Waals surface area (Å²) in [4.78, 5) is 68.7. The van der Waals surface area contributed by atoms with Crippen LogP contribution in [0.5, 0.6) is 0 Å². The van der Waals surface area contributed by atoms with Gasteiger partial charge in [-0.1, -0.05) is 32.9 Å². The zero-order chi connectivity index (χ0) is 37.1. The molecule has 0 spiro atoms. The summed E-state index contributed by atoms with van der Waals surface area (Å²) < 4.78 is 38.0. The van der Waals surface area contributed by atoms with Crippen LogP contribution in [-0.2, 0) is 30.3 Å². The fourth-order valence-electron chi connectivity index (χ4n) is 7.54. The molecule has 2 aliphatic heterocycles. The van der Waals surface area contributed by atoms with Crippen LogP contribution in [0.2, 0.25) is 0 Å². The molecule has 4 fully saturated rings. The van der Waals surface area contributed by atoms with E-state index in [-0.39, 0.29) is 25.5 Å². The molecule has 0 aromatic heterocycles. The van der Waals surface area contributed by atoms with Gasteiger partial charge in [0.15, 0.2) is 0 Å². The zero-order valence-corrected chi connectivity index (χ0v) is 31.0. The molecule has 1 aromatic carbocycles. The fraction of sp³-hybridized carbons (Fsp3) is 0.667. The van der Waals surface area contributed by atoms with Gasteiger partial charge in [0.05, 0.1) is 17.9 Å². The third-order valence-electron chi connectivity index (χ3n) is 10.6. The maximum Gasteiger partial charge on any atom is 0.412 e. The normalized spacial score (nSPS) is 26.8. The van der Waals surface area contributed by atoms with Crippen LogP contribution in [-0.4, -0.2) is 89.7 Å². The zero-order valence-electron chi connectivity index (χ0n) is 30.1. The maximum absolute atomic E-state index is 14.3. The first kappa shape index (κ1) is 38.6. The van der Waals surface area contributed by atoms with Crippen molar-refractivity contribution in [3.63, 3.8) is 0 Å². The van der Waals surface area contributed by atoms with Crippen LogP contribution in [0.25, 0.3) is 0 Å². The van der Waals surface area contributed by atoms with E-state index >= 15 is 0 Å². The summed E-state index contributed by atoms with van der Waals surface area (Å²) >= 11 is 0. The molecule has 6 atom stereocenters. The highest BCUT2D eigenvalue weighted by atomic mass is 31.2. The first-order valence-electron chi connectivity index (χ1n) is 18.0. The van der Waals surface area contributed by atoms with E-state index in [0.717, 1.165) is 63.7 Å². The first-order valence-corrected chi connectivity index (χ1v) is 20.1. The van der Waals surface area contributed by atoms with Gasteiger partial charge in [0.2, 0.25) is 19.2 Å². The number of halogens is 1. The molecular weight excluding hydrogens is 680 g/mol. The fourth-order valence-corrected chi connectivity index (χ4v) is 9.12. The molecule has 5 rings (SSSR count). The number of rotatable bonds is 11.